The van der Waals surface area contributed by atoms with Crippen molar-refractivity contribution in [2.24, 2.45) is 5.73 Å². The van der Waals surface area contributed by atoms with Crippen LogP contribution in [-0.4, -0.2) is 23.4 Å². The van der Waals surface area contributed by atoms with E-state index in [1.807, 2.05) is 17.0 Å². The average Bonchev–Trinajstić information content (AvgIpc) is 3.12. The van der Waals surface area contributed by atoms with Crippen LogP contribution in [0, 0.1) is 0 Å². The van der Waals surface area contributed by atoms with Gasteiger partial charge in [-0.1, -0.05) is 12.8 Å². The molecule has 0 atom stereocenters. The summed E-state index contributed by atoms with van der Waals surface area (Å²) >= 11 is 0. The number of nitrogens with zero attached hydrogens (tertiary/aromatic N) is 1. The topological polar surface area (TPSA) is 59.5 Å². The number of carbonyl (C=O) groups is 1. The van der Waals surface area contributed by atoms with E-state index in [0.717, 1.165) is 50.8 Å². The summed E-state index contributed by atoms with van der Waals surface area (Å²) in [5.41, 5.74) is 5.46. The van der Waals surface area contributed by atoms with Crippen LogP contribution in [0.5, 0.6) is 0 Å². The van der Waals surface area contributed by atoms with Crippen molar-refractivity contribution < 1.29 is 9.21 Å². The van der Waals surface area contributed by atoms with Crippen LogP contribution >= 0.6 is 0 Å². The Hall–Kier alpha value is -1.29. The summed E-state index contributed by atoms with van der Waals surface area (Å²) < 4.78 is 5.34. The zero-order chi connectivity index (χ0) is 13.5. The van der Waals surface area contributed by atoms with E-state index < -0.39 is 0 Å². The fourth-order valence-electron chi connectivity index (χ4n) is 2.30. The molecule has 4 heteroatoms. The third-order valence-corrected chi connectivity index (χ3v) is 3.56. The molecule has 1 fully saturated rings. The lowest BCUT2D eigenvalue weighted by Gasteiger charge is -2.21. The van der Waals surface area contributed by atoms with E-state index in [1.165, 1.54) is 0 Å². The van der Waals surface area contributed by atoms with Gasteiger partial charge in [-0.3, -0.25) is 4.79 Å². The van der Waals surface area contributed by atoms with E-state index in [4.69, 9.17) is 10.2 Å². The first-order valence-corrected chi connectivity index (χ1v) is 7.33. The van der Waals surface area contributed by atoms with Crippen LogP contribution in [0.2, 0.25) is 0 Å². The Morgan fingerprint density at radius 2 is 2.11 bits per heavy atom. The van der Waals surface area contributed by atoms with Gasteiger partial charge in [-0.25, -0.2) is 0 Å². The van der Waals surface area contributed by atoms with Gasteiger partial charge < -0.3 is 15.1 Å². The molecule has 0 spiro atoms. The monoisotopic (exact) mass is 264 g/mol. The number of hydrogen-bond donors (Lipinski definition) is 1. The van der Waals surface area contributed by atoms with Crippen molar-refractivity contribution in [3.05, 3.63) is 24.2 Å². The van der Waals surface area contributed by atoms with Crippen LogP contribution in [0.15, 0.2) is 22.8 Å². The highest BCUT2D eigenvalue weighted by atomic mass is 16.3. The Morgan fingerprint density at radius 1 is 1.32 bits per heavy atom. The molecule has 1 heterocycles. The van der Waals surface area contributed by atoms with Gasteiger partial charge in [0.2, 0.25) is 5.91 Å². The van der Waals surface area contributed by atoms with Crippen LogP contribution in [0.4, 0.5) is 0 Å². The van der Waals surface area contributed by atoms with E-state index >= 15 is 0 Å². The average molecular weight is 264 g/mol. The highest BCUT2D eigenvalue weighted by Crippen LogP contribution is 2.29. The molecule has 106 valence electrons. The molecule has 1 aromatic heterocycles. The lowest BCUT2D eigenvalue weighted by molar-refractivity contribution is -0.132. The molecule has 4 nitrogen and oxygen atoms in total. The van der Waals surface area contributed by atoms with Crippen LogP contribution in [-0.2, 0) is 11.3 Å². The first-order valence-electron chi connectivity index (χ1n) is 7.33. The fourth-order valence-corrected chi connectivity index (χ4v) is 2.30. The van der Waals surface area contributed by atoms with Crippen LogP contribution in [0.3, 0.4) is 0 Å². The van der Waals surface area contributed by atoms with Crippen molar-refractivity contribution in [2.75, 3.05) is 6.54 Å². The minimum Gasteiger partial charge on any atom is -0.467 e. The number of unbranched alkanes of at least 4 members (excludes halogenated alkanes) is 3. The first kappa shape index (κ1) is 14.1. The van der Waals surface area contributed by atoms with Gasteiger partial charge in [-0.15, -0.1) is 0 Å². The normalized spacial score (nSPS) is 14.6. The summed E-state index contributed by atoms with van der Waals surface area (Å²) in [7, 11) is 0. The molecule has 1 amide bonds. The predicted octanol–water partition coefficient (Wildman–Crippen LogP) is 2.68. The summed E-state index contributed by atoms with van der Waals surface area (Å²) in [6.07, 6.45) is 8.86. The van der Waals surface area contributed by atoms with E-state index in [9.17, 15) is 4.79 Å². The van der Waals surface area contributed by atoms with Gasteiger partial charge >= 0.3 is 0 Å². The van der Waals surface area contributed by atoms with Crippen molar-refractivity contribution in [1.82, 2.24) is 4.90 Å². The summed E-state index contributed by atoms with van der Waals surface area (Å²) in [5.74, 6) is 1.15. The zero-order valence-corrected chi connectivity index (χ0v) is 11.5. The van der Waals surface area contributed by atoms with Gasteiger partial charge in [-0.05, 0) is 44.4 Å². The van der Waals surface area contributed by atoms with Crippen molar-refractivity contribution in [1.29, 1.82) is 0 Å². The van der Waals surface area contributed by atoms with Crippen LogP contribution < -0.4 is 5.73 Å². The second-order valence-electron chi connectivity index (χ2n) is 5.29. The van der Waals surface area contributed by atoms with Gasteiger partial charge in [0.05, 0.1) is 12.8 Å². The number of hydrogen-bond acceptors (Lipinski definition) is 3. The number of furan rings is 1. The second-order valence-corrected chi connectivity index (χ2v) is 5.29. The Kier molecular flexibility index (Phi) is 5.45. The molecule has 1 aliphatic rings. The summed E-state index contributed by atoms with van der Waals surface area (Å²) in [4.78, 5) is 14.2. The summed E-state index contributed by atoms with van der Waals surface area (Å²) in [6, 6.07) is 4.25. The fraction of sp³-hybridized carbons (Fsp3) is 0.667. The highest BCUT2D eigenvalue weighted by molar-refractivity contribution is 5.76. The molecule has 0 bridgehead atoms. The lowest BCUT2D eigenvalue weighted by Crippen LogP contribution is -2.32. The van der Waals surface area contributed by atoms with Gasteiger partial charge in [0.15, 0.2) is 0 Å². The molecular formula is C15H24N2O2. The number of nitrogens with two attached hydrogens (primary N) is 1. The van der Waals surface area contributed by atoms with Crippen molar-refractivity contribution in [3.8, 4) is 0 Å². The molecule has 19 heavy (non-hydrogen) atoms. The number of amides is 1. The zero-order valence-electron chi connectivity index (χ0n) is 11.5. The molecule has 1 saturated carbocycles. The molecule has 1 aliphatic carbocycles. The van der Waals surface area contributed by atoms with Gasteiger partial charge in [0.1, 0.15) is 5.76 Å². The Bertz CT molecular complexity index is 372. The van der Waals surface area contributed by atoms with Crippen LogP contribution in [0.25, 0.3) is 0 Å². The van der Waals surface area contributed by atoms with E-state index in [-0.39, 0.29) is 5.91 Å². The molecule has 0 radical (unpaired) electrons. The Morgan fingerprint density at radius 3 is 2.74 bits per heavy atom. The number of carbonyl (C=O) groups excluding carboxylic acids is 1. The summed E-state index contributed by atoms with van der Waals surface area (Å²) in [6.45, 7) is 1.37. The molecule has 2 rings (SSSR count). The molecular weight excluding hydrogens is 240 g/mol. The van der Waals surface area contributed by atoms with E-state index in [0.29, 0.717) is 19.0 Å². The maximum Gasteiger partial charge on any atom is 0.223 e. The lowest BCUT2D eigenvalue weighted by atomic mass is 10.1. The minimum absolute atomic E-state index is 0.270. The van der Waals surface area contributed by atoms with Gasteiger partial charge in [-0.2, -0.15) is 0 Å². The Labute approximate surface area is 114 Å². The summed E-state index contributed by atoms with van der Waals surface area (Å²) in [5, 5.41) is 0. The third kappa shape index (κ3) is 4.71. The van der Waals surface area contributed by atoms with Crippen molar-refractivity contribution in [3.63, 3.8) is 0 Å². The molecule has 1 aromatic rings. The maximum absolute atomic E-state index is 12.2. The predicted molar refractivity (Wildman–Crippen MR) is 74.4 cm³/mol. The standard InChI is InChI=1S/C15H24N2O2/c16-10-4-2-1-3-7-15(18)17(13-8-9-13)12-14-6-5-11-19-14/h5-6,11,13H,1-4,7-10,12,16H2. The van der Waals surface area contributed by atoms with Crippen molar-refractivity contribution >= 4 is 5.91 Å². The maximum atomic E-state index is 12.2. The second kappa shape index (κ2) is 7.34. The van der Waals surface area contributed by atoms with Gasteiger partial charge in [0.25, 0.3) is 0 Å². The molecule has 0 saturated heterocycles. The molecule has 0 aromatic carbocycles. The highest BCUT2D eigenvalue weighted by Gasteiger charge is 2.32. The van der Waals surface area contributed by atoms with Crippen molar-refractivity contribution in [2.45, 2.75) is 57.5 Å². The third-order valence-electron chi connectivity index (χ3n) is 3.56. The van der Waals surface area contributed by atoms with Crippen LogP contribution in [0.1, 0.15) is 50.7 Å². The largest absolute Gasteiger partial charge is 0.467 e. The quantitative estimate of drug-likeness (QED) is 0.698. The van der Waals surface area contributed by atoms with E-state index in [1.54, 1.807) is 6.26 Å². The van der Waals surface area contributed by atoms with E-state index in [2.05, 4.69) is 0 Å². The molecule has 0 aliphatic heterocycles. The number of rotatable bonds is 9. The smallest absolute Gasteiger partial charge is 0.223 e. The SMILES string of the molecule is NCCCCCCC(=O)N(Cc1ccco1)C1CC1. The first-order chi connectivity index (χ1) is 9.31. The molecule has 2 N–H and O–H groups in total. The molecule has 0 unspecified atom stereocenters. The Balaban J connectivity index is 1.73. The minimum atomic E-state index is 0.270. The van der Waals surface area contributed by atoms with Gasteiger partial charge in [0, 0.05) is 12.5 Å².